The molecule has 0 radical (unpaired) electrons. The number of carbonyl (C=O) groups excluding carboxylic acids is 1. The van der Waals surface area contributed by atoms with Crippen LogP contribution in [0.1, 0.15) is 19.3 Å². The minimum Gasteiger partial charge on any atom is -0.386 e. The highest BCUT2D eigenvalue weighted by Crippen LogP contribution is 2.44. The van der Waals surface area contributed by atoms with Gasteiger partial charge in [-0.05, 0) is 18.8 Å². The summed E-state index contributed by atoms with van der Waals surface area (Å²) < 4.78 is 0. The van der Waals surface area contributed by atoms with E-state index in [1.807, 2.05) is 0 Å². The second-order valence-corrected chi connectivity index (χ2v) is 4.12. The highest BCUT2D eigenvalue weighted by Gasteiger charge is 2.52. The summed E-state index contributed by atoms with van der Waals surface area (Å²) in [7, 11) is 0. The van der Waals surface area contributed by atoms with Crippen LogP contribution in [0.2, 0.25) is 0 Å². The molecule has 3 nitrogen and oxygen atoms in total. The highest BCUT2D eigenvalue weighted by atomic mass is 16.3. The number of hydrogen-bond acceptors (Lipinski definition) is 2. The van der Waals surface area contributed by atoms with Crippen molar-refractivity contribution in [3.05, 3.63) is 12.7 Å². The number of likely N-dealkylation sites (tertiary alicyclic amines) is 1. The van der Waals surface area contributed by atoms with Crippen molar-refractivity contribution < 1.29 is 9.90 Å². The molecule has 0 bridgehead atoms. The van der Waals surface area contributed by atoms with E-state index in [1.54, 1.807) is 11.0 Å². The van der Waals surface area contributed by atoms with Crippen LogP contribution in [-0.4, -0.2) is 34.6 Å². The Kier molecular flexibility index (Phi) is 1.91. The molecule has 1 aliphatic carbocycles. The van der Waals surface area contributed by atoms with E-state index in [1.165, 1.54) is 0 Å². The summed E-state index contributed by atoms with van der Waals surface area (Å²) in [4.78, 5) is 13.0. The first-order chi connectivity index (χ1) is 6.15. The molecule has 0 unspecified atom stereocenters. The molecule has 1 saturated carbocycles. The van der Waals surface area contributed by atoms with E-state index in [0.29, 0.717) is 25.4 Å². The van der Waals surface area contributed by atoms with Crippen molar-refractivity contribution in [1.29, 1.82) is 0 Å². The predicted molar refractivity (Wildman–Crippen MR) is 49.1 cm³/mol. The number of β-amino-alcohol motifs (C(OH)–C–C–N with tert-alkyl or cyclic N) is 1. The molecule has 2 fully saturated rings. The fourth-order valence-corrected chi connectivity index (χ4v) is 1.92. The lowest BCUT2D eigenvalue weighted by atomic mass is 9.88. The van der Waals surface area contributed by atoms with Crippen molar-refractivity contribution >= 4 is 5.91 Å². The molecule has 1 heterocycles. The Morgan fingerprint density at radius 1 is 1.62 bits per heavy atom. The Labute approximate surface area is 78.0 Å². The third-order valence-corrected chi connectivity index (χ3v) is 2.94. The van der Waals surface area contributed by atoms with Crippen molar-refractivity contribution in [3.8, 4) is 0 Å². The van der Waals surface area contributed by atoms with Gasteiger partial charge in [-0.25, -0.2) is 0 Å². The van der Waals surface area contributed by atoms with Gasteiger partial charge < -0.3 is 10.0 Å². The van der Waals surface area contributed by atoms with Crippen molar-refractivity contribution in [2.45, 2.75) is 24.9 Å². The van der Waals surface area contributed by atoms with Crippen LogP contribution in [0, 0.1) is 5.92 Å². The molecule has 0 atom stereocenters. The topological polar surface area (TPSA) is 40.5 Å². The van der Waals surface area contributed by atoms with Gasteiger partial charge in [-0.3, -0.25) is 4.79 Å². The zero-order valence-electron chi connectivity index (χ0n) is 7.70. The molecule has 1 saturated heterocycles. The summed E-state index contributed by atoms with van der Waals surface area (Å²) in [6.45, 7) is 4.58. The van der Waals surface area contributed by atoms with E-state index in [2.05, 4.69) is 6.58 Å². The van der Waals surface area contributed by atoms with E-state index in [0.717, 1.165) is 12.8 Å². The number of amides is 1. The van der Waals surface area contributed by atoms with E-state index in [-0.39, 0.29) is 5.91 Å². The molecule has 2 aliphatic rings. The fraction of sp³-hybridized carbons (Fsp3) is 0.700. The van der Waals surface area contributed by atoms with Gasteiger partial charge in [0.1, 0.15) is 5.60 Å². The average Bonchev–Trinajstić information content (AvgIpc) is 2.81. The van der Waals surface area contributed by atoms with Gasteiger partial charge in [0, 0.05) is 6.42 Å². The van der Waals surface area contributed by atoms with Gasteiger partial charge in [0.15, 0.2) is 0 Å². The van der Waals surface area contributed by atoms with Gasteiger partial charge in [0.25, 0.3) is 0 Å². The Balaban J connectivity index is 1.82. The molecular weight excluding hydrogens is 166 g/mol. The molecule has 3 heteroatoms. The van der Waals surface area contributed by atoms with Crippen LogP contribution in [0.15, 0.2) is 12.7 Å². The molecule has 0 aromatic heterocycles. The lowest BCUT2D eigenvalue weighted by molar-refractivity contribution is -0.158. The Hall–Kier alpha value is -0.830. The maximum Gasteiger partial charge on any atom is 0.226 e. The molecule has 72 valence electrons. The van der Waals surface area contributed by atoms with Crippen molar-refractivity contribution in [3.63, 3.8) is 0 Å². The maximum absolute atomic E-state index is 11.3. The Bertz CT molecular complexity index is 239. The molecular formula is C10H15NO2. The number of hydrogen-bond donors (Lipinski definition) is 1. The lowest BCUT2D eigenvalue weighted by Gasteiger charge is -2.47. The standard InChI is InChI=1S/C10H15NO2/c1-2-3-9(12)11-6-10(13,7-11)8-4-5-8/h2,8,13H,1,3-7H2. The number of aliphatic hydroxyl groups is 1. The number of nitrogens with zero attached hydrogens (tertiary/aromatic N) is 1. The van der Waals surface area contributed by atoms with Crippen molar-refractivity contribution in [2.24, 2.45) is 5.92 Å². The second kappa shape index (κ2) is 2.84. The largest absolute Gasteiger partial charge is 0.386 e. The number of rotatable bonds is 3. The molecule has 1 N–H and O–H groups in total. The molecule has 0 aromatic carbocycles. The summed E-state index contributed by atoms with van der Waals surface area (Å²) >= 11 is 0. The van der Waals surface area contributed by atoms with E-state index >= 15 is 0 Å². The molecule has 1 aliphatic heterocycles. The van der Waals surface area contributed by atoms with Crippen LogP contribution < -0.4 is 0 Å². The molecule has 0 spiro atoms. The summed E-state index contributed by atoms with van der Waals surface area (Å²) in [5, 5.41) is 9.92. The van der Waals surface area contributed by atoms with E-state index < -0.39 is 5.60 Å². The second-order valence-electron chi connectivity index (χ2n) is 4.12. The first-order valence-electron chi connectivity index (χ1n) is 4.77. The summed E-state index contributed by atoms with van der Waals surface area (Å²) in [6.07, 6.45) is 4.25. The highest BCUT2D eigenvalue weighted by molar-refractivity contribution is 5.78. The van der Waals surface area contributed by atoms with Crippen molar-refractivity contribution in [2.75, 3.05) is 13.1 Å². The van der Waals surface area contributed by atoms with Crippen LogP contribution in [0.25, 0.3) is 0 Å². The predicted octanol–water partition coefficient (Wildman–Crippen LogP) is 0.546. The first kappa shape index (κ1) is 8.75. The lowest BCUT2D eigenvalue weighted by Crippen LogP contribution is -2.64. The van der Waals surface area contributed by atoms with Crippen LogP contribution in [0.4, 0.5) is 0 Å². The summed E-state index contributed by atoms with van der Waals surface area (Å²) in [6, 6.07) is 0. The zero-order valence-corrected chi connectivity index (χ0v) is 7.70. The molecule has 1 amide bonds. The van der Waals surface area contributed by atoms with Crippen LogP contribution in [-0.2, 0) is 4.79 Å². The van der Waals surface area contributed by atoms with Crippen LogP contribution >= 0.6 is 0 Å². The van der Waals surface area contributed by atoms with Gasteiger partial charge in [0.05, 0.1) is 13.1 Å². The van der Waals surface area contributed by atoms with E-state index in [9.17, 15) is 9.90 Å². The monoisotopic (exact) mass is 181 g/mol. The Morgan fingerprint density at radius 3 is 2.69 bits per heavy atom. The molecule has 0 aromatic rings. The average molecular weight is 181 g/mol. The van der Waals surface area contributed by atoms with Gasteiger partial charge in [-0.2, -0.15) is 0 Å². The van der Waals surface area contributed by atoms with Gasteiger partial charge in [0.2, 0.25) is 5.91 Å². The van der Waals surface area contributed by atoms with E-state index in [4.69, 9.17) is 0 Å². The van der Waals surface area contributed by atoms with Crippen LogP contribution in [0.3, 0.4) is 0 Å². The first-order valence-corrected chi connectivity index (χ1v) is 4.77. The van der Waals surface area contributed by atoms with Crippen molar-refractivity contribution in [1.82, 2.24) is 4.90 Å². The third kappa shape index (κ3) is 1.48. The number of carbonyl (C=O) groups is 1. The summed E-state index contributed by atoms with van der Waals surface area (Å²) in [5.74, 6) is 0.542. The minimum atomic E-state index is -0.545. The normalized spacial score (nSPS) is 25.2. The zero-order chi connectivity index (χ0) is 9.47. The summed E-state index contributed by atoms with van der Waals surface area (Å²) in [5.41, 5.74) is -0.545. The SMILES string of the molecule is C=CCC(=O)N1CC(O)(C2CC2)C1. The molecule has 13 heavy (non-hydrogen) atoms. The van der Waals surface area contributed by atoms with Gasteiger partial charge in [-0.1, -0.05) is 6.08 Å². The van der Waals surface area contributed by atoms with Gasteiger partial charge >= 0.3 is 0 Å². The maximum atomic E-state index is 11.3. The minimum absolute atomic E-state index is 0.0836. The quantitative estimate of drug-likeness (QED) is 0.646. The fourth-order valence-electron chi connectivity index (χ4n) is 1.92. The molecule has 2 rings (SSSR count). The van der Waals surface area contributed by atoms with Crippen LogP contribution in [0.5, 0.6) is 0 Å². The Morgan fingerprint density at radius 2 is 2.23 bits per heavy atom. The third-order valence-electron chi connectivity index (χ3n) is 2.94. The van der Waals surface area contributed by atoms with Gasteiger partial charge in [-0.15, -0.1) is 6.58 Å². The smallest absolute Gasteiger partial charge is 0.226 e.